The summed E-state index contributed by atoms with van der Waals surface area (Å²) in [6, 6.07) is 4.76. The number of carbonyl (C=O) groups is 4. The standard InChI is InChI=1S/C20H17NO9/c1-9(22)28-19(29-10(2)23)20-6-5-13(30-20)15-16(20)18(25)21(17(15)24)11-3-4-12-14(7-11)27-8-26-12/h3-7,13,15-16,19H,8H2,1-2H3/t13-,15+,16+,20-/m0/s1. The zero-order chi connectivity index (χ0) is 21.2. The van der Waals surface area contributed by atoms with E-state index in [0.29, 0.717) is 17.2 Å². The predicted octanol–water partition coefficient (Wildman–Crippen LogP) is 0.681. The van der Waals surface area contributed by atoms with Crippen LogP contribution < -0.4 is 14.4 Å². The van der Waals surface area contributed by atoms with Crippen LogP contribution in [-0.2, 0) is 33.4 Å². The van der Waals surface area contributed by atoms with Gasteiger partial charge in [0.15, 0.2) is 17.1 Å². The molecule has 0 saturated carbocycles. The molecule has 2 saturated heterocycles. The fraction of sp³-hybridized carbons (Fsp3) is 0.400. The lowest BCUT2D eigenvalue weighted by molar-refractivity contribution is -0.226. The van der Waals surface area contributed by atoms with E-state index >= 15 is 0 Å². The molecule has 0 N–H and O–H groups in total. The molecule has 2 bridgehead atoms. The van der Waals surface area contributed by atoms with Gasteiger partial charge >= 0.3 is 11.9 Å². The van der Waals surface area contributed by atoms with Crippen LogP contribution in [0, 0.1) is 11.8 Å². The lowest BCUT2D eigenvalue weighted by atomic mass is 9.76. The van der Waals surface area contributed by atoms with Crippen molar-refractivity contribution < 1.29 is 42.9 Å². The smallest absolute Gasteiger partial charge is 0.305 e. The van der Waals surface area contributed by atoms with E-state index in [9.17, 15) is 19.2 Å². The molecule has 1 aromatic carbocycles. The van der Waals surface area contributed by atoms with Gasteiger partial charge in [0.2, 0.25) is 18.6 Å². The molecule has 0 aromatic heterocycles. The van der Waals surface area contributed by atoms with Crippen LogP contribution >= 0.6 is 0 Å². The number of benzene rings is 1. The highest BCUT2D eigenvalue weighted by Gasteiger charge is 2.72. The quantitative estimate of drug-likeness (QED) is 0.303. The molecule has 2 fully saturated rings. The van der Waals surface area contributed by atoms with Gasteiger partial charge in [0.1, 0.15) is 0 Å². The Hall–Kier alpha value is -3.40. The molecule has 2 amide bonds. The highest BCUT2D eigenvalue weighted by molar-refractivity contribution is 6.23. The molecule has 10 heteroatoms. The maximum absolute atomic E-state index is 13.4. The van der Waals surface area contributed by atoms with Crippen molar-refractivity contribution in [1.82, 2.24) is 0 Å². The third kappa shape index (κ3) is 2.46. The minimum Gasteiger partial charge on any atom is -0.454 e. The van der Waals surface area contributed by atoms with Crippen molar-refractivity contribution in [2.45, 2.75) is 31.8 Å². The SMILES string of the molecule is CC(=O)OC(OC(C)=O)[C@@]12C=C[C@H](O1)[C@H]1C(=O)N(c3ccc4c(c3)OCO4)C(=O)[C@@H]12. The average Bonchev–Trinajstić information content (AvgIpc) is 3.43. The first-order valence-corrected chi connectivity index (χ1v) is 9.31. The Morgan fingerprint density at radius 2 is 1.80 bits per heavy atom. The summed E-state index contributed by atoms with van der Waals surface area (Å²) >= 11 is 0. The van der Waals surface area contributed by atoms with Crippen molar-refractivity contribution in [2.24, 2.45) is 11.8 Å². The summed E-state index contributed by atoms with van der Waals surface area (Å²) in [7, 11) is 0. The van der Waals surface area contributed by atoms with E-state index in [1.165, 1.54) is 6.08 Å². The second-order valence-corrected chi connectivity index (χ2v) is 7.40. The van der Waals surface area contributed by atoms with Crippen LogP contribution in [0.25, 0.3) is 0 Å². The maximum Gasteiger partial charge on any atom is 0.305 e. The lowest BCUT2D eigenvalue weighted by Crippen LogP contribution is -2.52. The fourth-order valence-corrected chi connectivity index (χ4v) is 4.50. The van der Waals surface area contributed by atoms with Gasteiger partial charge in [-0.25, -0.2) is 4.90 Å². The van der Waals surface area contributed by atoms with Crippen molar-refractivity contribution >= 4 is 29.4 Å². The Bertz CT molecular complexity index is 1000. The van der Waals surface area contributed by atoms with E-state index in [-0.39, 0.29) is 6.79 Å². The van der Waals surface area contributed by atoms with E-state index in [1.54, 1.807) is 24.3 Å². The summed E-state index contributed by atoms with van der Waals surface area (Å²) in [5, 5.41) is 0. The molecule has 0 spiro atoms. The monoisotopic (exact) mass is 415 g/mol. The van der Waals surface area contributed by atoms with Crippen LogP contribution in [0.4, 0.5) is 5.69 Å². The molecule has 4 aliphatic heterocycles. The molecular weight excluding hydrogens is 398 g/mol. The van der Waals surface area contributed by atoms with Gasteiger partial charge in [-0.3, -0.25) is 19.2 Å². The molecule has 156 valence electrons. The average molecular weight is 415 g/mol. The molecule has 5 rings (SSSR count). The zero-order valence-corrected chi connectivity index (χ0v) is 16.0. The number of amides is 2. The molecule has 30 heavy (non-hydrogen) atoms. The van der Waals surface area contributed by atoms with Gasteiger partial charge in [-0.05, 0) is 18.2 Å². The van der Waals surface area contributed by atoms with Crippen molar-refractivity contribution in [3.8, 4) is 11.5 Å². The van der Waals surface area contributed by atoms with Gasteiger partial charge in [-0.15, -0.1) is 0 Å². The number of anilines is 1. The number of rotatable bonds is 4. The first-order chi connectivity index (χ1) is 14.3. The number of hydrogen-bond acceptors (Lipinski definition) is 9. The van der Waals surface area contributed by atoms with Gasteiger partial charge in [0.25, 0.3) is 6.29 Å². The molecule has 1 aromatic rings. The van der Waals surface area contributed by atoms with E-state index < -0.39 is 53.6 Å². The van der Waals surface area contributed by atoms with Crippen LogP contribution in [0.2, 0.25) is 0 Å². The summed E-state index contributed by atoms with van der Waals surface area (Å²) in [5.74, 6) is -3.34. The van der Waals surface area contributed by atoms with Gasteiger partial charge < -0.3 is 23.7 Å². The Kier molecular flexibility index (Phi) is 3.91. The number of nitrogens with zero attached hydrogens (tertiary/aromatic N) is 1. The molecular formula is C20H17NO9. The number of hydrogen-bond donors (Lipinski definition) is 0. The van der Waals surface area contributed by atoms with Crippen molar-refractivity contribution in [2.75, 3.05) is 11.7 Å². The fourth-order valence-electron chi connectivity index (χ4n) is 4.50. The summed E-state index contributed by atoms with van der Waals surface area (Å²) in [4.78, 5) is 50.9. The van der Waals surface area contributed by atoms with Gasteiger partial charge in [0.05, 0.1) is 23.6 Å². The largest absolute Gasteiger partial charge is 0.454 e. The molecule has 0 radical (unpaired) electrons. The van der Waals surface area contributed by atoms with Crippen LogP contribution in [0.1, 0.15) is 13.8 Å². The Morgan fingerprint density at radius 3 is 2.50 bits per heavy atom. The third-order valence-corrected chi connectivity index (χ3v) is 5.61. The Labute approximate surface area is 170 Å². The maximum atomic E-state index is 13.4. The van der Waals surface area contributed by atoms with E-state index in [0.717, 1.165) is 18.7 Å². The van der Waals surface area contributed by atoms with Crippen molar-refractivity contribution in [3.05, 3.63) is 30.4 Å². The summed E-state index contributed by atoms with van der Waals surface area (Å²) in [5.41, 5.74) is -1.25. The number of carbonyl (C=O) groups excluding carboxylic acids is 4. The second-order valence-electron chi connectivity index (χ2n) is 7.40. The Balaban J connectivity index is 1.53. The molecule has 4 aliphatic rings. The molecule has 4 atom stereocenters. The normalized spacial score (nSPS) is 30.2. The molecule has 0 unspecified atom stereocenters. The van der Waals surface area contributed by atoms with Crippen molar-refractivity contribution in [1.29, 1.82) is 0 Å². The minimum absolute atomic E-state index is 0.0569. The molecule has 0 aliphatic carbocycles. The highest BCUT2D eigenvalue weighted by Crippen LogP contribution is 2.55. The first-order valence-electron chi connectivity index (χ1n) is 9.31. The first kappa shape index (κ1) is 18.6. The summed E-state index contributed by atoms with van der Waals surface area (Å²) in [6.45, 7) is 2.36. The highest BCUT2D eigenvalue weighted by atomic mass is 16.7. The lowest BCUT2D eigenvalue weighted by Gasteiger charge is -2.34. The van der Waals surface area contributed by atoms with Gasteiger partial charge in [-0.1, -0.05) is 6.08 Å². The number of ether oxygens (including phenoxy) is 5. The molecule has 10 nitrogen and oxygen atoms in total. The number of esters is 2. The van der Waals surface area contributed by atoms with Crippen LogP contribution in [0.15, 0.2) is 30.4 Å². The van der Waals surface area contributed by atoms with Gasteiger partial charge in [0, 0.05) is 19.9 Å². The summed E-state index contributed by atoms with van der Waals surface area (Å²) < 4.78 is 26.9. The van der Waals surface area contributed by atoms with E-state index in [1.807, 2.05) is 0 Å². The zero-order valence-electron chi connectivity index (χ0n) is 16.0. The second kappa shape index (κ2) is 6.30. The Morgan fingerprint density at radius 1 is 1.10 bits per heavy atom. The van der Waals surface area contributed by atoms with Crippen LogP contribution in [0.5, 0.6) is 11.5 Å². The minimum atomic E-state index is -1.58. The van der Waals surface area contributed by atoms with E-state index in [4.69, 9.17) is 23.7 Å². The summed E-state index contributed by atoms with van der Waals surface area (Å²) in [6.07, 6.45) is 0.940. The number of fused-ring (bicyclic) bond motifs is 6. The van der Waals surface area contributed by atoms with Crippen LogP contribution in [0.3, 0.4) is 0 Å². The van der Waals surface area contributed by atoms with Crippen molar-refractivity contribution in [3.63, 3.8) is 0 Å². The van der Waals surface area contributed by atoms with Crippen LogP contribution in [-0.4, -0.2) is 48.5 Å². The van der Waals surface area contributed by atoms with E-state index in [2.05, 4.69) is 0 Å². The topological polar surface area (TPSA) is 118 Å². The third-order valence-electron chi connectivity index (χ3n) is 5.61. The predicted molar refractivity (Wildman–Crippen MR) is 96.1 cm³/mol. The van der Waals surface area contributed by atoms with Gasteiger partial charge in [-0.2, -0.15) is 0 Å². The number of imide groups is 1. The molecule has 4 heterocycles.